The lowest BCUT2D eigenvalue weighted by Gasteiger charge is -2.22. The van der Waals surface area contributed by atoms with E-state index in [0.717, 1.165) is 25.7 Å². The van der Waals surface area contributed by atoms with Crippen LogP contribution in [-0.2, 0) is 0 Å². The maximum Gasteiger partial charge on any atom is 0.254 e. The Hall–Kier alpha value is -1.59. The highest BCUT2D eigenvalue weighted by Crippen LogP contribution is 2.25. The number of nitrogens with one attached hydrogen (secondary N) is 1. The first-order chi connectivity index (χ1) is 10.6. The minimum Gasteiger partial charge on any atom is -0.411 e. The number of aliphatic hydroxyl groups is 1. The molecule has 2 rings (SSSR count). The van der Waals surface area contributed by atoms with E-state index in [2.05, 4.69) is 10.5 Å². The van der Waals surface area contributed by atoms with Gasteiger partial charge in [0, 0.05) is 5.92 Å². The summed E-state index contributed by atoms with van der Waals surface area (Å²) in [5.41, 5.74) is 0.813. The number of rotatable bonds is 4. The fourth-order valence-electron chi connectivity index (χ4n) is 2.82. The van der Waals surface area contributed by atoms with E-state index in [4.69, 9.17) is 16.8 Å². The average Bonchev–Trinajstić information content (AvgIpc) is 2.78. The zero-order chi connectivity index (χ0) is 15.9. The predicted octanol–water partition coefficient (Wildman–Crippen LogP) is 3.17. The monoisotopic (exact) mass is 324 g/mol. The Bertz CT molecular complexity index is 540. The lowest BCUT2D eigenvalue weighted by molar-refractivity contribution is 0.0532. The quantitative estimate of drug-likeness (QED) is 0.261. The Morgan fingerprint density at radius 3 is 2.64 bits per heavy atom. The molecule has 0 heterocycles. The summed E-state index contributed by atoms with van der Waals surface area (Å²) in [6.45, 7) is 0. The van der Waals surface area contributed by atoms with Gasteiger partial charge in [-0.05, 0) is 30.5 Å². The van der Waals surface area contributed by atoms with Gasteiger partial charge in [0.05, 0.1) is 16.8 Å². The Morgan fingerprint density at radius 1 is 1.32 bits per heavy atom. The van der Waals surface area contributed by atoms with Gasteiger partial charge in [-0.3, -0.25) is 4.79 Å². The van der Waals surface area contributed by atoms with E-state index in [1.54, 1.807) is 12.1 Å². The van der Waals surface area contributed by atoms with Crippen molar-refractivity contribution in [2.24, 2.45) is 11.1 Å². The third-order valence-corrected chi connectivity index (χ3v) is 4.40. The number of aliphatic hydroxyl groups excluding tert-OH is 1. The average molecular weight is 325 g/mol. The van der Waals surface area contributed by atoms with Gasteiger partial charge in [-0.1, -0.05) is 48.5 Å². The van der Waals surface area contributed by atoms with E-state index >= 15 is 0 Å². The summed E-state index contributed by atoms with van der Waals surface area (Å²) >= 11 is 6.04. The highest BCUT2D eigenvalue weighted by molar-refractivity contribution is 6.34. The number of carbonyl (C=O) groups excluding carboxylic acids is 1. The van der Waals surface area contributed by atoms with Gasteiger partial charge in [0.1, 0.15) is 6.23 Å². The fraction of sp³-hybridized carbons (Fsp3) is 0.500. The van der Waals surface area contributed by atoms with E-state index < -0.39 is 12.1 Å². The summed E-state index contributed by atoms with van der Waals surface area (Å²) in [6, 6.07) is 4.73. The molecule has 1 unspecified atom stereocenters. The van der Waals surface area contributed by atoms with Crippen molar-refractivity contribution >= 4 is 23.7 Å². The minimum absolute atomic E-state index is 0.0902. The second-order valence-corrected chi connectivity index (χ2v) is 6.06. The summed E-state index contributed by atoms with van der Waals surface area (Å²) in [5, 5.41) is 24.7. The van der Waals surface area contributed by atoms with Crippen LogP contribution in [0.5, 0.6) is 0 Å². The predicted molar refractivity (Wildman–Crippen MR) is 85.5 cm³/mol. The van der Waals surface area contributed by atoms with Crippen LogP contribution in [0, 0.1) is 5.92 Å². The molecule has 1 atom stereocenters. The van der Waals surface area contributed by atoms with Crippen LogP contribution < -0.4 is 5.32 Å². The van der Waals surface area contributed by atoms with Crippen LogP contribution in [0.4, 0.5) is 0 Å². The maximum atomic E-state index is 12.3. The smallest absolute Gasteiger partial charge is 0.254 e. The molecule has 1 aromatic carbocycles. The number of halogens is 1. The van der Waals surface area contributed by atoms with Crippen LogP contribution >= 0.6 is 11.6 Å². The van der Waals surface area contributed by atoms with Crippen LogP contribution in [0.2, 0.25) is 5.02 Å². The van der Waals surface area contributed by atoms with Gasteiger partial charge in [0.25, 0.3) is 5.91 Å². The third kappa shape index (κ3) is 4.45. The maximum absolute atomic E-state index is 12.3. The SMILES string of the molecule is O=C(NC(O)C1CCCCCC1)c1cc(C=NO)ccc1Cl. The summed E-state index contributed by atoms with van der Waals surface area (Å²) in [4.78, 5) is 12.3. The number of hydrogen-bond acceptors (Lipinski definition) is 4. The van der Waals surface area contributed by atoms with E-state index in [1.807, 2.05) is 0 Å². The first kappa shape index (κ1) is 16.8. The third-order valence-electron chi connectivity index (χ3n) is 4.07. The number of nitrogens with zero attached hydrogens (tertiary/aromatic N) is 1. The van der Waals surface area contributed by atoms with Crippen LogP contribution in [0.25, 0.3) is 0 Å². The Balaban J connectivity index is 2.06. The van der Waals surface area contributed by atoms with E-state index in [0.29, 0.717) is 10.6 Å². The standard InChI is InChI=1S/C16H21ClN2O3/c17-14-8-7-11(10-18-22)9-13(14)16(21)19-15(20)12-5-3-1-2-4-6-12/h7-10,12,15,20,22H,1-6H2,(H,19,21). The number of hydrogen-bond donors (Lipinski definition) is 3. The van der Waals surface area contributed by atoms with Crippen molar-refractivity contribution in [3.05, 3.63) is 34.3 Å². The van der Waals surface area contributed by atoms with Crippen LogP contribution in [0.15, 0.2) is 23.4 Å². The zero-order valence-electron chi connectivity index (χ0n) is 12.3. The second kappa shape index (κ2) is 8.15. The molecule has 6 heteroatoms. The molecule has 0 saturated heterocycles. The first-order valence-electron chi connectivity index (χ1n) is 7.57. The molecule has 0 aromatic heterocycles. The molecule has 0 radical (unpaired) electrons. The van der Waals surface area contributed by atoms with Crippen molar-refractivity contribution in [2.75, 3.05) is 0 Å². The molecular weight excluding hydrogens is 304 g/mol. The molecule has 1 aliphatic carbocycles. The van der Waals surface area contributed by atoms with Gasteiger partial charge in [-0.25, -0.2) is 0 Å². The molecule has 1 aromatic rings. The van der Waals surface area contributed by atoms with Crippen molar-refractivity contribution in [1.82, 2.24) is 5.32 Å². The van der Waals surface area contributed by atoms with Gasteiger partial charge in [-0.2, -0.15) is 0 Å². The molecule has 1 fully saturated rings. The summed E-state index contributed by atoms with van der Waals surface area (Å²) < 4.78 is 0. The molecule has 1 saturated carbocycles. The van der Waals surface area contributed by atoms with Crippen molar-refractivity contribution in [1.29, 1.82) is 0 Å². The zero-order valence-corrected chi connectivity index (χ0v) is 13.1. The van der Waals surface area contributed by atoms with Gasteiger partial charge >= 0.3 is 0 Å². The van der Waals surface area contributed by atoms with Crippen molar-refractivity contribution < 1.29 is 15.1 Å². The Kier molecular flexibility index (Phi) is 6.21. The highest BCUT2D eigenvalue weighted by Gasteiger charge is 2.23. The van der Waals surface area contributed by atoms with Gasteiger partial charge in [0.15, 0.2) is 0 Å². The molecule has 120 valence electrons. The molecular formula is C16H21ClN2O3. The molecule has 3 N–H and O–H groups in total. The number of oxime groups is 1. The first-order valence-corrected chi connectivity index (χ1v) is 7.95. The fourth-order valence-corrected chi connectivity index (χ4v) is 3.02. The lowest BCUT2D eigenvalue weighted by Crippen LogP contribution is -2.40. The molecule has 1 aliphatic rings. The second-order valence-electron chi connectivity index (χ2n) is 5.65. The van der Waals surface area contributed by atoms with Crippen molar-refractivity contribution in [2.45, 2.75) is 44.8 Å². The molecule has 22 heavy (non-hydrogen) atoms. The van der Waals surface area contributed by atoms with Gasteiger partial charge in [-0.15, -0.1) is 0 Å². The largest absolute Gasteiger partial charge is 0.411 e. The molecule has 0 aliphatic heterocycles. The topological polar surface area (TPSA) is 81.9 Å². The number of amides is 1. The van der Waals surface area contributed by atoms with E-state index in [1.165, 1.54) is 25.1 Å². The van der Waals surface area contributed by atoms with Gasteiger partial charge in [0.2, 0.25) is 0 Å². The normalized spacial score (nSPS) is 18.1. The number of benzene rings is 1. The summed E-state index contributed by atoms with van der Waals surface area (Å²) in [6.07, 6.45) is 6.74. The molecule has 5 nitrogen and oxygen atoms in total. The molecule has 0 spiro atoms. The van der Waals surface area contributed by atoms with Gasteiger partial charge < -0.3 is 15.6 Å². The van der Waals surface area contributed by atoms with Crippen molar-refractivity contribution in [3.63, 3.8) is 0 Å². The van der Waals surface area contributed by atoms with Crippen LogP contribution in [0.3, 0.4) is 0 Å². The Labute approximate surface area is 135 Å². The molecule has 0 bridgehead atoms. The van der Waals surface area contributed by atoms with E-state index in [-0.39, 0.29) is 11.5 Å². The lowest BCUT2D eigenvalue weighted by atomic mass is 9.98. The number of carbonyl (C=O) groups is 1. The molecule has 1 amide bonds. The summed E-state index contributed by atoms with van der Waals surface area (Å²) in [5.74, 6) is -0.331. The van der Waals surface area contributed by atoms with Crippen molar-refractivity contribution in [3.8, 4) is 0 Å². The highest BCUT2D eigenvalue weighted by atomic mass is 35.5. The van der Waals surface area contributed by atoms with E-state index in [9.17, 15) is 9.90 Å². The summed E-state index contributed by atoms with van der Waals surface area (Å²) in [7, 11) is 0. The Morgan fingerprint density at radius 2 is 2.00 bits per heavy atom. The minimum atomic E-state index is -0.864. The van der Waals surface area contributed by atoms with Crippen LogP contribution in [-0.4, -0.2) is 28.7 Å². The van der Waals surface area contributed by atoms with Crippen LogP contribution in [0.1, 0.15) is 54.4 Å².